The van der Waals surface area contributed by atoms with E-state index in [4.69, 9.17) is 10.5 Å². The van der Waals surface area contributed by atoms with Crippen LogP contribution in [0.15, 0.2) is 0 Å². The van der Waals surface area contributed by atoms with Crippen LogP contribution in [0, 0.1) is 0 Å². The molecule has 2 rings (SSSR count). The van der Waals surface area contributed by atoms with E-state index in [0.717, 1.165) is 38.6 Å². The molecule has 0 unspecified atom stereocenters. The molecule has 0 spiro atoms. The zero-order chi connectivity index (χ0) is 14.4. The van der Waals surface area contributed by atoms with E-state index in [1.54, 1.807) is 0 Å². The van der Waals surface area contributed by atoms with Crippen molar-refractivity contribution in [1.29, 1.82) is 0 Å². The minimum Gasteiger partial charge on any atom is -0.368 e. The number of rotatable bonds is 5. The molecule has 1 saturated carbocycles. The van der Waals surface area contributed by atoms with Crippen LogP contribution in [-0.4, -0.2) is 67.0 Å². The Morgan fingerprint density at radius 3 is 2.45 bits per heavy atom. The molecule has 1 aliphatic heterocycles. The number of hydrogen-bond donors (Lipinski definition) is 1. The second-order valence-corrected chi connectivity index (χ2v) is 5.67. The molecule has 0 aromatic carbocycles. The summed E-state index contributed by atoms with van der Waals surface area (Å²) in [5.41, 5.74) is 4.97. The number of nitrogens with two attached hydrogens (primary N) is 1. The zero-order valence-electron chi connectivity index (χ0n) is 12.1. The Morgan fingerprint density at radius 2 is 1.75 bits per heavy atom. The Hall–Kier alpha value is -1.14. The fourth-order valence-electron chi connectivity index (χ4n) is 3.15. The van der Waals surface area contributed by atoms with Crippen LogP contribution in [0.2, 0.25) is 0 Å². The van der Waals surface area contributed by atoms with Crippen molar-refractivity contribution >= 4 is 11.8 Å². The molecule has 6 heteroatoms. The maximum absolute atomic E-state index is 12.0. The highest BCUT2D eigenvalue weighted by Crippen LogP contribution is 2.24. The third-order valence-corrected chi connectivity index (χ3v) is 4.19. The van der Waals surface area contributed by atoms with E-state index >= 15 is 0 Å². The Kier molecular flexibility index (Phi) is 5.79. The fraction of sp³-hybridized carbons (Fsp3) is 0.857. The summed E-state index contributed by atoms with van der Waals surface area (Å²) in [6, 6.07) is 0.719. The van der Waals surface area contributed by atoms with Crippen molar-refractivity contribution in [3.63, 3.8) is 0 Å². The number of amides is 2. The first-order valence-corrected chi connectivity index (χ1v) is 7.54. The van der Waals surface area contributed by atoms with Gasteiger partial charge < -0.3 is 15.4 Å². The van der Waals surface area contributed by atoms with Gasteiger partial charge in [0.25, 0.3) is 0 Å². The molecule has 6 nitrogen and oxygen atoms in total. The monoisotopic (exact) mass is 283 g/mol. The highest BCUT2D eigenvalue weighted by Gasteiger charge is 2.26. The number of hydrogen-bond acceptors (Lipinski definition) is 4. The topological polar surface area (TPSA) is 75.9 Å². The van der Waals surface area contributed by atoms with Crippen molar-refractivity contribution in [3.8, 4) is 0 Å². The Balaban J connectivity index is 1.73. The molecule has 0 aromatic rings. The Morgan fingerprint density at radius 1 is 1.00 bits per heavy atom. The average molecular weight is 283 g/mol. The predicted molar refractivity (Wildman–Crippen MR) is 75.0 cm³/mol. The molecule has 0 bridgehead atoms. The Labute approximate surface area is 120 Å². The van der Waals surface area contributed by atoms with Crippen molar-refractivity contribution in [2.75, 3.05) is 39.4 Å². The maximum Gasteiger partial charge on any atom is 0.248 e. The highest BCUT2D eigenvalue weighted by atomic mass is 16.5. The SMILES string of the molecule is NC(=O)COCC(=O)N1CCCN(C2CCCC2)CC1. The number of primary amides is 1. The molecule has 2 fully saturated rings. The summed E-state index contributed by atoms with van der Waals surface area (Å²) in [4.78, 5) is 26.9. The van der Waals surface area contributed by atoms with Crippen LogP contribution in [0.1, 0.15) is 32.1 Å². The number of carbonyl (C=O) groups excluding carboxylic acids is 2. The summed E-state index contributed by atoms with van der Waals surface area (Å²) in [7, 11) is 0. The molecular weight excluding hydrogens is 258 g/mol. The van der Waals surface area contributed by atoms with Crippen LogP contribution < -0.4 is 5.73 Å². The van der Waals surface area contributed by atoms with Crippen LogP contribution in [0.25, 0.3) is 0 Å². The van der Waals surface area contributed by atoms with Gasteiger partial charge in [-0.05, 0) is 19.3 Å². The third-order valence-electron chi connectivity index (χ3n) is 4.19. The van der Waals surface area contributed by atoms with Gasteiger partial charge in [-0.1, -0.05) is 12.8 Å². The minimum atomic E-state index is -0.541. The first kappa shape index (κ1) is 15.3. The lowest BCUT2D eigenvalue weighted by Crippen LogP contribution is -2.39. The van der Waals surface area contributed by atoms with Crippen molar-refractivity contribution in [2.45, 2.75) is 38.1 Å². The molecule has 0 atom stereocenters. The summed E-state index contributed by atoms with van der Waals surface area (Å²) in [5, 5.41) is 0. The van der Waals surface area contributed by atoms with E-state index in [1.807, 2.05) is 4.90 Å². The lowest BCUT2D eigenvalue weighted by Gasteiger charge is -2.27. The van der Waals surface area contributed by atoms with Crippen LogP contribution in [0.4, 0.5) is 0 Å². The molecule has 0 aromatic heterocycles. The Bertz CT molecular complexity index is 343. The van der Waals surface area contributed by atoms with Gasteiger partial charge in [-0.3, -0.25) is 14.5 Å². The van der Waals surface area contributed by atoms with Gasteiger partial charge in [0, 0.05) is 32.2 Å². The van der Waals surface area contributed by atoms with Crippen molar-refractivity contribution in [1.82, 2.24) is 9.80 Å². The standard InChI is InChI=1S/C14H25N3O3/c15-13(18)10-20-11-14(19)17-7-3-6-16(8-9-17)12-4-1-2-5-12/h12H,1-11H2,(H2,15,18). The van der Waals surface area contributed by atoms with E-state index in [2.05, 4.69) is 4.90 Å². The van der Waals surface area contributed by atoms with Crippen LogP contribution in [-0.2, 0) is 14.3 Å². The quantitative estimate of drug-likeness (QED) is 0.768. The first-order chi connectivity index (χ1) is 9.66. The van der Waals surface area contributed by atoms with E-state index in [-0.39, 0.29) is 19.1 Å². The summed E-state index contributed by atoms with van der Waals surface area (Å²) >= 11 is 0. The van der Waals surface area contributed by atoms with E-state index in [0.29, 0.717) is 0 Å². The van der Waals surface area contributed by atoms with Crippen molar-refractivity contribution < 1.29 is 14.3 Å². The van der Waals surface area contributed by atoms with E-state index < -0.39 is 5.91 Å². The molecule has 2 amide bonds. The summed E-state index contributed by atoms with van der Waals surface area (Å²) < 4.78 is 5.00. The third kappa shape index (κ3) is 4.45. The maximum atomic E-state index is 12.0. The van der Waals surface area contributed by atoms with Crippen LogP contribution >= 0.6 is 0 Å². The molecule has 2 aliphatic rings. The van der Waals surface area contributed by atoms with Crippen molar-refractivity contribution in [3.05, 3.63) is 0 Å². The van der Waals surface area contributed by atoms with Gasteiger partial charge >= 0.3 is 0 Å². The second kappa shape index (κ2) is 7.59. The second-order valence-electron chi connectivity index (χ2n) is 5.67. The number of ether oxygens (including phenoxy) is 1. The van der Waals surface area contributed by atoms with Gasteiger partial charge in [0.1, 0.15) is 13.2 Å². The normalized spacial score (nSPS) is 21.9. The summed E-state index contributed by atoms with van der Waals surface area (Å²) in [6.07, 6.45) is 6.29. The van der Waals surface area contributed by atoms with Crippen LogP contribution in [0.5, 0.6) is 0 Å². The van der Waals surface area contributed by atoms with Gasteiger partial charge in [0.05, 0.1) is 0 Å². The van der Waals surface area contributed by atoms with Gasteiger partial charge in [-0.25, -0.2) is 0 Å². The molecule has 1 aliphatic carbocycles. The predicted octanol–water partition coefficient (Wildman–Crippen LogP) is -0.0348. The van der Waals surface area contributed by atoms with Gasteiger partial charge in [-0.15, -0.1) is 0 Å². The number of carbonyl (C=O) groups is 2. The molecular formula is C14H25N3O3. The van der Waals surface area contributed by atoms with E-state index in [9.17, 15) is 9.59 Å². The van der Waals surface area contributed by atoms with Crippen LogP contribution in [0.3, 0.4) is 0 Å². The van der Waals surface area contributed by atoms with Crippen molar-refractivity contribution in [2.24, 2.45) is 5.73 Å². The highest BCUT2D eigenvalue weighted by molar-refractivity contribution is 5.78. The summed E-state index contributed by atoms with van der Waals surface area (Å²) in [5.74, 6) is -0.583. The zero-order valence-corrected chi connectivity index (χ0v) is 12.1. The van der Waals surface area contributed by atoms with E-state index in [1.165, 1.54) is 25.7 Å². The molecule has 0 radical (unpaired) electrons. The average Bonchev–Trinajstić information content (AvgIpc) is 2.83. The molecule has 1 heterocycles. The lowest BCUT2D eigenvalue weighted by atomic mass is 10.2. The van der Waals surface area contributed by atoms with Gasteiger partial charge in [0.15, 0.2) is 0 Å². The number of nitrogens with zero attached hydrogens (tertiary/aromatic N) is 2. The summed E-state index contributed by atoms with van der Waals surface area (Å²) in [6.45, 7) is 3.33. The smallest absolute Gasteiger partial charge is 0.248 e. The molecule has 2 N–H and O–H groups in total. The van der Waals surface area contributed by atoms with Gasteiger partial charge in [0.2, 0.25) is 11.8 Å². The van der Waals surface area contributed by atoms with Gasteiger partial charge in [-0.2, -0.15) is 0 Å². The molecule has 20 heavy (non-hydrogen) atoms. The fourth-order valence-corrected chi connectivity index (χ4v) is 3.15. The molecule has 1 saturated heterocycles. The largest absolute Gasteiger partial charge is 0.368 e. The minimum absolute atomic E-state index is 0.0421. The first-order valence-electron chi connectivity index (χ1n) is 7.54. The lowest BCUT2D eigenvalue weighted by molar-refractivity contribution is -0.137. The molecule has 114 valence electrons.